The molecule has 36 heavy (non-hydrogen) atoms. The summed E-state index contributed by atoms with van der Waals surface area (Å²) < 4.78 is 17.6. The van der Waals surface area contributed by atoms with Gasteiger partial charge < -0.3 is 29.4 Å². The molecule has 0 radical (unpaired) electrons. The van der Waals surface area contributed by atoms with Gasteiger partial charge in [0.05, 0.1) is 17.8 Å². The van der Waals surface area contributed by atoms with Crippen molar-refractivity contribution in [1.29, 1.82) is 0 Å². The number of fused-ring (bicyclic) bond motifs is 1. The van der Waals surface area contributed by atoms with Crippen molar-refractivity contribution in [1.82, 2.24) is 4.98 Å². The molecular weight excluding hydrogens is 462 g/mol. The fourth-order valence-corrected chi connectivity index (χ4v) is 4.52. The molecule has 1 aromatic carbocycles. The van der Waals surface area contributed by atoms with Crippen molar-refractivity contribution in [2.45, 2.75) is 102 Å². The molecule has 0 spiro atoms. The number of unbranched alkanes of at least 4 members (excludes halogenated alkanes) is 6. The minimum absolute atomic E-state index is 0.0525. The lowest BCUT2D eigenvalue weighted by Gasteiger charge is -2.38. The van der Waals surface area contributed by atoms with Gasteiger partial charge in [-0.3, -0.25) is 0 Å². The first-order valence-corrected chi connectivity index (χ1v) is 13.0. The van der Waals surface area contributed by atoms with E-state index in [4.69, 9.17) is 19.3 Å². The average Bonchev–Trinajstić information content (AvgIpc) is 3.27. The summed E-state index contributed by atoms with van der Waals surface area (Å²) in [6.07, 6.45) is 10.4. The van der Waals surface area contributed by atoms with E-state index < -0.39 is 36.5 Å². The lowest BCUT2D eigenvalue weighted by molar-refractivity contribution is -0.273. The highest BCUT2D eigenvalue weighted by atomic mass is 16.7. The van der Waals surface area contributed by atoms with E-state index in [0.717, 1.165) is 62.3 Å². The van der Waals surface area contributed by atoms with Crippen molar-refractivity contribution in [2.75, 3.05) is 0 Å². The summed E-state index contributed by atoms with van der Waals surface area (Å²) in [7, 11) is 0. The first-order chi connectivity index (χ1) is 17.3. The van der Waals surface area contributed by atoms with E-state index in [9.17, 15) is 14.7 Å². The number of aromatic amines is 1. The molecule has 0 saturated carbocycles. The van der Waals surface area contributed by atoms with Gasteiger partial charge in [-0.15, -0.1) is 0 Å². The largest absolute Gasteiger partial charge is 0.478 e. The molecule has 2 aromatic rings. The summed E-state index contributed by atoms with van der Waals surface area (Å²) in [6.45, 7) is 3.82. The Morgan fingerprint density at radius 2 is 1.89 bits per heavy atom. The molecule has 1 aliphatic rings. The van der Waals surface area contributed by atoms with Gasteiger partial charge in [0, 0.05) is 29.6 Å². The van der Waals surface area contributed by atoms with Crippen LogP contribution in [0.5, 0.6) is 0 Å². The summed E-state index contributed by atoms with van der Waals surface area (Å²) >= 11 is 0. The Balaban J connectivity index is 1.32. The Morgan fingerprint density at radius 1 is 1.17 bits per heavy atom. The second kappa shape index (κ2) is 14.2. The van der Waals surface area contributed by atoms with Gasteiger partial charge in [-0.2, -0.15) is 0 Å². The predicted molar refractivity (Wildman–Crippen MR) is 137 cm³/mol. The maximum absolute atomic E-state index is 12.7. The maximum Gasteiger partial charge on any atom is 0.340 e. The summed E-state index contributed by atoms with van der Waals surface area (Å²) in [5.41, 5.74) is 1.33. The number of ether oxygens (including phenoxy) is 3. The third-order valence-electron chi connectivity index (χ3n) is 6.59. The molecule has 0 bridgehead atoms. The molecule has 8 nitrogen and oxygen atoms in total. The zero-order valence-corrected chi connectivity index (χ0v) is 21.2. The Kier molecular flexibility index (Phi) is 11.0. The zero-order chi connectivity index (χ0) is 25.9. The third-order valence-corrected chi connectivity index (χ3v) is 6.59. The zero-order valence-electron chi connectivity index (χ0n) is 21.2. The van der Waals surface area contributed by atoms with Crippen LogP contribution in [0.4, 0.5) is 0 Å². The van der Waals surface area contributed by atoms with Crippen LogP contribution in [0.25, 0.3) is 10.9 Å². The Labute approximate surface area is 212 Å². The molecule has 1 fully saturated rings. The third kappa shape index (κ3) is 8.47. The van der Waals surface area contributed by atoms with Crippen molar-refractivity contribution in [3.63, 3.8) is 0 Å². The Morgan fingerprint density at radius 3 is 2.67 bits per heavy atom. The van der Waals surface area contributed by atoms with Gasteiger partial charge in [0.1, 0.15) is 12.2 Å². The summed E-state index contributed by atoms with van der Waals surface area (Å²) in [5.74, 6) is -1.33. The second-order valence-electron chi connectivity index (χ2n) is 9.59. The number of benzene rings is 1. The SMILES string of the molecule is C[C@H](CCCCCCCC/C=C/C(=O)O)O[C@@H]1O[C@@H](C)[C@H](OC(=O)c2c[nH]c3ccccc23)C[C@H]1O. The smallest absolute Gasteiger partial charge is 0.340 e. The Bertz CT molecular complexity index is 1000. The highest BCUT2D eigenvalue weighted by Crippen LogP contribution is 2.27. The number of nitrogens with one attached hydrogen (secondary N) is 1. The lowest BCUT2D eigenvalue weighted by atomic mass is 10.0. The average molecular weight is 502 g/mol. The van der Waals surface area contributed by atoms with E-state index in [0.29, 0.717) is 5.56 Å². The number of esters is 1. The van der Waals surface area contributed by atoms with Crippen molar-refractivity contribution >= 4 is 22.8 Å². The number of hydrogen-bond acceptors (Lipinski definition) is 6. The number of carbonyl (C=O) groups is 2. The van der Waals surface area contributed by atoms with Crippen molar-refractivity contribution in [3.05, 3.63) is 48.2 Å². The van der Waals surface area contributed by atoms with Crippen LogP contribution in [-0.2, 0) is 19.0 Å². The van der Waals surface area contributed by atoms with E-state index in [1.54, 1.807) is 12.3 Å². The van der Waals surface area contributed by atoms with Crippen LogP contribution in [0, 0.1) is 0 Å². The Hall–Kier alpha value is -2.68. The number of para-hydroxylation sites is 1. The highest BCUT2D eigenvalue weighted by molar-refractivity contribution is 6.04. The van der Waals surface area contributed by atoms with Crippen molar-refractivity contribution < 1.29 is 34.0 Å². The monoisotopic (exact) mass is 501 g/mol. The normalized spacial score (nSPS) is 23.2. The first-order valence-electron chi connectivity index (χ1n) is 13.0. The van der Waals surface area contributed by atoms with Gasteiger partial charge in [-0.25, -0.2) is 9.59 Å². The number of aliphatic hydroxyl groups excluding tert-OH is 1. The standard InChI is InChI=1S/C28H39NO7/c1-19(13-9-7-5-3-4-6-8-10-16-26(31)32)34-28-24(30)17-25(20(2)35-28)36-27(33)22-18-29-23-15-12-11-14-21(22)23/h10-12,14-16,18-20,24-25,28-30H,3-9,13,17H2,1-2H3,(H,31,32)/b16-10+/t19-,20+,24-,25-,28-/m1/s1. The molecule has 8 heteroatoms. The van der Waals surface area contributed by atoms with Crippen molar-refractivity contribution in [2.24, 2.45) is 0 Å². The van der Waals surface area contributed by atoms with Gasteiger partial charge >= 0.3 is 11.9 Å². The number of hydrogen-bond donors (Lipinski definition) is 3. The molecule has 3 rings (SSSR count). The molecular formula is C28H39NO7. The maximum atomic E-state index is 12.7. The first kappa shape index (κ1) is 27.9. The molecule has 0 amide bonds. The van der Waals surface area contributed by atoms with E-state index in [-0.39, 0.29) is 12.5 Å². The molecule has 0 aliphatic carbocycles. The van der Waals surface area contributed by atoms with Crippen LogP contribution in [0.3, 0.4) is 0 Å². The number of carboxylic acid groups (broad SMARTS) is 1. The van der Waals surface area contributed by atoms with E-state index in [2.05, 4.69) is 4.98 Å². The van der Waals surface area contributed by atoms with E-state index >= 15 is 0 Å². The number of aliphatic carboxylic acids is 1. The van der Waals surface area contributed by atoms with E-state index in [1.165, 1.54) is 6.08 Å². The molecule has 1 aliphatic heterocycles. The van der Waals surface area contributed by atoms with Gasteiger partial charge in [0.2, 0.25) is 0 Å². The molecule has 0 unspecified atom stereocenters. The minimum atomic E-state index is -0.892. The molecule has 5 atom stereocenters. The number of aromatic nitrogens is 1. The minimum Gasteiger partial charge on any atom is -0.478 e. The van der Waals surface area contributed by atoms with Gasteiger partial charge in [-0.05, 0) is 39.2 Å². The molecule has 1 saturated heterocycles. The number of allylic oxidation sites excluding steroid dienone is 1. The number of aliphatic hydroxyl groups is 1. The van der Waals surface area contributed by atoms with Crippen LogP contribution >= 0.6 is 0 Å². The summed E-state index contributed by atoms with van der Waals surface area (Å²) in [5, 5.41) is 20.0. The predicted octanol–water partition coefficient (Wildman–Crippen LogP) is 5.36. The number of H-pyrrole nitrogens is 1. The fraction of sp³-hybridized carbons (Fsp3) is 0.571. The van der Waals surface area contributed by atoms with Gasteiger partial charge in [-0.1, -0.05) is 56.4 Å². The lowest BCUT2D eigenvalue weighted by Crippen LogP contribution is -2.49. The summed E-state index contributed by atoms with van der Waals surface area (Å²) in [6, 6.07) is 7.54. The molecule has 1 aromatic heterocycles. The summed E-state index contributed by atoms with van der Waals surface area (Å²) in [4.78, 5) is 26.2. The molecule has 2 heterocycles. The molecule has 3 N–H and O–H groups in total. The van der Waals surface area contributed by atoms with Crippen molar-refractivity contribution in [3.8, 4) is 0 Å². The van der Waals surface area contributed by atoms with Crippen LogP contribution in [-0.4, -0.2) is 57.8 Å². The fourth-order valence-electron chi connectivity index (χ4n) is 4.52. The van der Waals surface area contributed by atoms with Crippen LogP contribution < -0.4 is 0 Å². The molecule has 198 valence electrons. The van der Waals surface area contributed by atoms with E-state index in [1.807, 2.05) is 38.1 Å². The van der Waals surface area contributed by atoms with Crippen LogP contribution in [0.2, 0.25) is 0 Å². The van der Waals surface area contributed by atoms with Gasteiger partial charge in [0.25, 0.3) is 0 Å². The highest BCUT2D eigenvalue weighted by Gasteiger charge is 2.38. The van der Waals surface area contributed by atoms with Crippen LogP contribution in [0.1, 0.15) is 82.0 Å². The second-order valence-corrected chi connectivity index (χ2v) is 9.59. The topological polar surface area (TPSA) is 118 Å². The number of carbonyl (C=O) groups excluding carboxylic acids is 1. The van der Waals surface area contributed by atoms with Gasteiger partial charge in [0.15, 0.2) is 6.29 Å². The number of carboxylic acids is 1. The quantitative estimate of drug-likeness (QED) is 0.181. The van der Waals surface area contributed by atoms with Crippen LogP contribution in [0.15, 0.2) is 42.6 Å². The number of rotatable bonds is 14.